The van der Waals surface area contributed by atoms with Gasteiger partial charge in [-0.3, -0.25) is 14.9 Å². The maximum Gasteiger partial charge on any atom is 0.271 e. The molecule has 0 unspecified atom stereocenters. The van der Waals surface area contributed by atoms with Crippen LogP contribution in [-0.2, 0) is 0 Å². The van der Waals surface area contributed by atoms with E-state index in [4.69, 9.17) is 11.6 Å². The Hall–Kier alpha value is -1.92. The Bertz CT molecular complexity index is 734. The van der Waals surface area contributed by atoms with Gasteiger partial charge in [0.2, 0.25) is 0 Å². The van der Waals surface area contributed by atoms with Crippen LogP contribution in [0.5, 0.6) is 0 Å². The van der Waals surface area contributed by atoms with E-state index in [1.807, 2.05) is 19.1 Å². The summed E-state index contributed by atoms with van der Waals surface area (Å²) in [6, 6.07) is 9.23. The van der Waals surface area contributed by atoms with Gasteiger partial charge in [0.1, 0.15) is 0 Å². The van der Waals surface area contributed by atoms with Crippen LogP contribution in [0.4, 0.5) is 11.4 Å². The number of carbonyl (C=O) groups excluding carboxylic acids is 1. The summed E-state index contributed by atoms with van der Waals surface area (Å²) in [5.41, 5.74) is 1.41. The van der Waals surface area contributed by atoms with Crippen molar-refractivity contribution in [2.75, 3.05) is 5.32 Å². The van der Waals surface area contributed by atoms with Crippen LogP contribution in [0.25, 0.3) is 0 Å². The average molecular weight is 370 g/mol. The lowest BCUT2D eigenvalue weighted by Crippen LogP contribution is -2.13. The Morgan fingerprint density at radius 3 is 2.67 bits per heavy atom. The monoisotopic (exact) mass is 368 g/mol. The second-order valence-corrected chi connectivity index (χ2v) is 5.72. The number of hydrogen-bond donors (Lipinski definition) is 1. The minimum atomic E-state index is -0.590. The van der Waals surface area contributed by atoms with E-state index in [0.717, 1.165) is 10.0 Å². The summed E-state index contributed by atoms with van der Waals surface area (Å²) < 4.78 is 0.820. The predicted molar refractivity (Wildman–Crippen MR) is 84.9 cm³/mol. The maximum absolute atomic E-state index is 12.2. The molecule has 108 valence electrons. The molecule has 21 heavy (non-hydrogen) atoms. The van der Waals surface area contributed by atoms with Gasteiger partial charge >= 0.3 is 0 Å². The molecule has 0 spiro atoms. The second kappa shape index (κ2) is 6.24. The summed E-state index contributed by atoms with van der Waals surface area (Å²) in [6.07, 6.45) is 0. The van der Waals surface area contributed by atoms with E-state index < -0.39 is 10.8 Å². The number of nitrogens with zero attached hydrogens (tertiary/aromatic N) is 1. The number of hydrogen-bond acceptors (Lipinski definition) is 3. The van der Waals surface area contributed by atoms with Crippen LogP contribution in [0.2, 0.25) is 5.02 Å². The van der Waals surface area contributed by atoms with Gasteiger partial charge < -0.3 is 5.32 Å². The van der Waals surface area contributed by atoms with E-state index in [-0.39, 0.29) is 16.3 Å². The Balaban J connectivity index is 2.32. The number of nitro benzene ring substituents is 1. The fraction of sp³-hybridized carbons (Fsp3) is 0.0714. The van der Waals surface area contributed by atoms with Gasteiger partial charge in [0.25, 0.3) is 11.6 Å². The number of non-ortho nitro benzene ring substituents is 1. The molecule has 0 fully saturated rings. The van der Waals surface area contributed by atoms with Crippen molar-refractivity contribution < 1.29 is 9.72 Å². The van der Waals surface area contributed by atoms with Crippen LogP contribution >= 0.6 is 27.5 Å². The predicted octanol–water partition coefficient (Wildman–Crippen LogP) is 4.57. The minimum Gasteiger partial charge on any atom is -0.322 e. The minimum absolute atomic E-state index is 0.133. The fourth-order valence-corrected chi connectivity index (χ4v) is 2.32. The topological polar surface area (TPSA) is 72.2 Å². The number of amides is 1. The third-order valence-corrected chi connectivity index (χ3v) is 3.51. The zero-order valence-corrected chi connectivity index (χ0v) is 13.2. The first-order valence-electron chi connectivity index (χ1n) is 5.89. The van der Waals surface area contributed by atoms with Crippen LogP contribution in [0, 0.1) is 17.0 Å². The quantitative estimate of drug-likeness (QED) is 0.636. The zero-order chi connectivity index (χ0) is 15.6. The molecule has 0 aliphatic rings. The Morgan fingerprint density at radius 2 is 2.00 bits per heavy atom. The molecule has 2 rings (SSSR count). The molecule has 2 aromatic rings. The van der Waals surface area contributed by atoms with Crippen molar-refractivity contribution in [1.29, 1.82) is 0 Å². The number of halogens is 2. The molecule has 5 nitrogen and oxygen atoms in total. The highest BCUT2D eigenvalue weighted by atomic mass is 79.9. The van der Waals surface area contributed by atoms with E-state index in [2.05, 4.69) is 21.2 Å². The highest BCUT2D eigenvalue weighted by Crippen LogP contribution is 2.24. The number of benzene rings is 2. The lowest BCUT2D eigenvalue weighted by Gasteiger charge is -2.09. The third kappa shape index (κ3) is 3.80. The summed E-state index contributed by atoms with van der Waals surface area (Å²) in [7, 11) is 0. The van der Waals surface area contributed by atoms with Crippen LogP contribution in [0.1, 0.15) is 15.9 Å². The highest BCUT2D eigenvalue weighted by Gasteiger charge is 2.14. The first-order valence-corrected chi connectivity index (χ1v) is 7.06. The smallest absolute Gasteiger partial charge is 0.271 e. The van der Waals surface area contributed by atoms with Gasteiger partial charge in [0.05, 0.1) is 4.92 Å². The molecule has 7 heteroatoms. The molecule has 0 radical (unpaired) electrons. The van der Waals surface area contributed by atoms with Crippen molar-refractivity contribution in [2.24, 2.45) is 0 Å². The Labute approximate surface area is 134 Å². The molecule has 0 atom stereocenters. The molecule has 0 aliphatic carbocycles. The van der Waals surface area contributed by atoms with E-state index >= 15 is 0 Å². The number of aryl methyl sites for hydroxylation is 1. The van der Waals surface area contributed by atoms with Crippen LogP contribution in [-0.4, -0.2) is 10.8 Å². The van der Waals surface area contributed by atoms with E-state index in [9.17, 15) is 14.9 Å². The van der Waals surface area contributed by atoms with Crippen LogP contribution in [0.3, 0.4) is 0 Å². The molecule has 0 saturated heterocycles. The van der Waals surface area contributed by atoms with E-state index in [0.29, 0.717) is 5.69 Å². The van der Waals surface area contributed by atoms with Crippen LogP contribution < -0.4 is 5.32 Å². The Morgan fingerprint density at radius 1 is 1.29 bits per heavy atom. The van der Waals surface area contributed by atoms with Crippen LogP contribution in [0.15, 0.2) is 40.9 Å². The number of nitrogens with one attached hydrogen (secondary N) is 1. The maximum atomic E-state index is 12.2. The van der Waals surface area contributed by atoms with Gasteiger partial charge in [-0.1, -0.05) is 33.6 Å². The average Bonchev–Trinajstić information content (AvgIpc) is 2.42. The van der Waals surface area contributed by atoms with Gasteiger partial charge in [0, 0.05) is 32.9 Å². The Kier molecular flexibility index (Phi) is 4.59. The summed E-state index contributed by atoms with van der Waals surface area (Å²) in [4.78, 5) is 22.4. The first kappa shape index (κ1) is 15.5. The van der Waals surface area contributed by atoms with Crippen molar-refractivity contribution in [3.05, 3.63) is 67.1 Å². The second-order valence-electron chi connectivity index (χ2n) is 4.37. The summed E-state index contributed by atoms with van der Waals surface area (Å²) in [5.74, 6) is -0.457. The van der Waals surface area contributed by atoms with E-state index in [1.165, 1.54) is 18.2 Å². The molecule has 1 N–H and O–H groups in total. The van der Waals surface area contributed by atoms with E-state index in [1.54, 1.807) is 6.07 Å². The highest BCUT2D eigenvalue weighted by molar-refractivity contribution is 9.10. The molecular weight excluding hydrogens is 360 g/mol. The normalized spacial score (nSPS) is 10.2. The lowest BCUT2D eigenvalue weighted by molar-refractivity contribution is -0.384. The largest absolute Gasteiger partial charge is 0.322 e. The third-order valence-electron chi connectivity index (χ3n) is 2.80. The van der Waals surface area contributed by atoms with Gasteiger partial charge in [-0.15, -0.1) is 0 Å². The molecule has 0 aliphatic heterocycles. The molecule has 2 aromatic carbocycles. The van der Waals surface area contributed by atoms with Crippen molar-refractivity contribution >= 4 is 44.8 Å². The van der Waals surface area contributed by atoms with Crippen molar-refractivity contribution in [3.63, 3.8) is 0 Å². The molecule has 0 bridgehead atoms. The lowest BCUT2D eigenvalue weighted by atomic mass is 10.1. The molecule has 1 amide bonds. The SMILES string of the molecule is Cc1ccc(Br)cc1NC(=O)c1cc(Cl)cc([N+](=O)[O-])c1. The van der Waals surface area contributed by atoms with Gasteiger partial charge in [-0.2, -0.15) is 0 Å². The first-order chi connectivity index (χ1) is 9.86. The van der Waals surface area contributed by atoms with Crippen molar-refractivity contribution in [3.8, 4) is 0 Å². The molecular formula is C14H10BrClN2O3. The number of nitro groups is 1. The fourth-order valence-electron chi connectivity index (χ4n) is 1.73. The molecule has 0 aromatic heterocycles. The number of rotatable bonds is 3. The summed E-state index contributed by atoms with van der Waals surface area (Å²) in [6.45, 7) is 1.85. The molecule has 0 heterocycles. The number of anilines is 1. The number of carbonyl (C=O) groups is 1. The van der Waals surface area contributed by atoms with Gasteiger partial charge in [-0.25, -0.2) is 0 Å². The van der Waals surface area contributed by atoms with Crippen molar-refractivity contribution in [2.45, 2.75) is 6.92 Å². The van der Waals surface area contributed by atoms with Gasteiger partial charge in [-0.05, 0) is 30.7 Å². The summed E-state index contributed by atoms with van der Waals surface area (Å²) in [5, 5.41) is 13.6. The molecule has 0 saturated carbocycles. The zero-order valence-electron chi connectivity index (χ0n) is 10.9. The standard InChI is InChI=1S/C14H10BrClN2O3/c1-8-2-3-10(15)6-13(8)17-14(19)9-4-11(16)7-12(5-9)18(20)21/h2-7H,1H3,(H,17,19). The summed E-state index contributed by atoms with van der Waals surface area (Å²) >= 11 is 9.13. The van der Waals surface area contributed by atoms with Crippen molar-refractivity contribution in [1.82, 2.24) is 0 Å². The van der Waals surface area contributed by atoms with Gasteiger partial charge in [0.15, 0.2) is 0 Å².